The molecule has 0 spiro atoms. The van der Waals surface area contributed by atoms with Crippen molar-refractivity contribution >= 4 is 33.0 Å². The van der Waals surface area contributed by atoms with E-state index in [-0.39, 0.29) is 23.7 Å². The second-order valence-corrected chi connectivity index (χ2v) is 6.20. The number of azo groups is 1. The molecule has 0 fully saturated rings. The summed E-state index contributed by atoms with van der Waals surface area (Å²) in [4.78, 5) is 10.5. The zero-order chi connectivity index (χ0) is 17.6. The van der Waals surface area contributed by atoms with E-state index in [2.05, 4.69) is 21.1 Å². The molecule has 9 heteroatoms. The van der Waals surface area contributed by atoms with E-state index in [0.29, 0.717) is 5.69 Å². The second-order valence-electron chi connectivity index (χ2n) is 4.85. The summed E-state index contributed by atoms with van der Waals surface area (Å²) in [6.07, 6.45) is 0. The predicted molar refractivity (Wildman–Crippen MR) is 89.2 cm³/mol. The fourth-order valence-corrected chi connectivity index (χ4v) is 2.61. The largest absolute Gasteiger partial charge is 0.320 e. The first kappa shape index (κ1) is 17.7. The number of rotatable bonds is 7. The number of anilines is 1. The van der Waals surface area contributed by atoms with Crippen molar-refractivity contribution in [2.24, 2.45) is 10.2 Å². The number of carbonyl (C=O) groups excluding carboxylic acids is 1. The van der Waals surface area contributed by atoms with Crippen LogP contribution >= 0.6 is 0 Å². The van der Waals surface area contributed by atoms with E-state index in [0.717, 1.165) is 0 Å². The van der Waals surface area contributed by atoms with Gasteiger partial charge in [0.05, 0.1) is 17.9 Å². The van der Waals surface area contributed by atoms with E-state index < -0.39 is 15.0 Å². The quantitative estimate of drug-likeness (QED) is 0.402. The molecule has 0 unspecified atom stereocenters. The predicted octanol–water partition coefficient (Wildman–Crippen LogP) is 2.85. The van der Waals surface area contributed by atoms with Gasteiger partial charge in [-0.05, 0) is 31.2 Å². The molecule has 0 aliphatic carbocycles. The molecule has 2 rings (SSSR count). The summed E-state index contributed by atoms with van der Waals surface area (Å²) in [5, 5.41) is 7.85. The smallest absolute Gasteiger partial charge is 0.298 e. The van der Waals surface area contributed by atoms with Gasteiger partial charge in [-0.3, -0.25) is 9.35 Å². The topological polar surface area (TPSA) is 120 Å². The molecule has 0 saturated heterocycles. The molecule has 0 heterocycles. The molecule has 0 saturated carbocycles. The third kappa shape index (κ3) is 4.95. The summed E-state index contributed by atoms with van der Waals surface area (Å²) in [5.41, 5.74) is 5.71. The molecule has 0 atom stereocenters. The second kappa shape index (κ2) is 7.77. The van der Waals surface area contributed by atoms with Gasteiger partial charge in [0.1, 0.15) is 16.4 Å². The summed E-state index contributed by atoms with van der Waals surface area (Å²) in [7, 11) is -4.56. The third-order valence-corrected chi connectivity index (χ3v) is 3.79. The normalized spacial score (nSPS) is 11.6. The highest BCUT2D eigenvalue weighted by atomic mass is 32.2. The zero-order valence-corrected chi connectivity index (χ0v) is 13.6. The molecule has 0 amide bonds. The van der Waals surface area contributed by atoms with Crippen molar-refractivity contribution in [3.63, 3.8) is 0 Å². The van der Waals surface area contributed by atoms with Crippen LogP contribution in [0, 0.1) is 0 Å². The van der Waals surface area contributed by atoms with Crippen LogP contribution in [0.2, 0.25) is 0 Å². The maximum atomic E-state index is 11.7. The van der Waals surface area contributed by atoms with E-state index in [1.54, 1.807) is 30.3 Å². The van der Waals surface area contributed by atoms with E-state index >= 15 is 0 Å². The van der Waals surface area contributed by atoms with Crippen LogP contribution in [-0.2, 0) is 14.9 Å². The standard InChI is InChI=1S/C15H16N4O4S/c1-11(20)10-16-18-13-8-5-9-14(15(13)24(21,22)23)19-17-12-6-3-2-4-7-12/h2-9,16,18H,10H2,1H3,(H,21,22,23). The molecule has 0 aromatic heterocycles. The fourth-order valence-electron chi connectivity index (χ4n) is 1.84. The monoisotopic (exact) mass is 348 g/mol. The van der Waals surface area contributed by atoms with Gasteiger partial charge in [0, 0.05) is 0 Å². The Bertz CT molecular complexity index is 851. The summed E-state index contributed by atoms with van der Waals surface area (Å²) >= 11 is 0. The molecule has 126 valence electrons. The third-order valence-electron chi connectivity index (χ3n) is 2.84. The fraction of sp³-hybridized carbons (Fsp3) is 0.133. The lowest BCUT2D eigenvalue weighted by molar-refractivity contribution is -0.116. The highest BCUT2D eigenvalue weighted by Gasteiger charge is 2.20. The maximum absolute atomic E-state index is 11.7. The van der Waals surface area contributed by atoms with E-state index in [9.17, 15) is 17.8 Å². The lowest BCUT2D eigenvalue weighted by atomic mass is 10.3. The van der Waals surface area contributed by atoms with Crippen molar-refractivity contribution < 1.29 is 17.8 Å². The van der Waals surface area contributed by atoms with Gasteiger partial charge >= 0.3 is 0 Å². The number of hydrogen-bond acceptors (Lipinski definition) is 7. The Balaban J connectivity index is 2.37. The van der Waals surface area contributed by atoms with Crippen LogP contribution in [0.15, 0.2) is 63.7 Å². The van der Waals surface area contributed by atoms with Crippen LogP contribution in [0.3, 0.4) is 0 Å². The van der Waals surface area contributed by atoms with Crippen LogP contribution in [-0.4, -0.2) is 25.3 Å². The first-order valence-corrected chi connectivity index (χ1v) is 8.37. The molecule has 8 nitrogen and oxygen atoms in total. The Morgan fingerprint density at radius 2 is 1.79 bits per heavy atom. The highest BCUT2D eigenvalue weighted by Crippen LogP contribution is 2.32. The van der Waals surface area contributed by atoms with E-state index in [4.69, 9.17) is 0 Å². The summed E-state index contributed by atoms with van der Waals surface area (Å²) in [6.45, 7) is 1.36. The van der Waals surface area contributed by atoms with Crippen molar-refractivity contribution in [1.29, 1.82) is 0 Å². The SMILES string of the molecule is CC(=O)CNNc1cccc(N=Nc2ccccc2)c1S(=O)(=O)O. The molecular formula is C15H16N4O4S. The number of hydrogen-bond donors (Lipinski definition) is 3. The molecule has 2 aromatic rings. The van der Waals surface area contributed by atoms with Crippen molar-refractivity contribution in [1.82, 2.24) is 5.43 Å². The van der Waals surface area contributed by atoms with Crippen LogP contribution in [0.1, 0.15) is 6.92 Å². The molecule has 0 aliphatic heterocycles. The molecule has 0 radical (unpaired) electrons. The molecule has 2 aromatic carbocycles. The van der Waals surface area contributed by atoms with Gasteiger partial charge in [-0.1, -0.05) is 24.3 Å². The van der Waals surface area contributed by atoms with Crippen LogP contribution in [0.4, 0.5) is 17.1 Å². The Morgan fingerprint density at radius 1 is 1.08 bits per heavy atom. The van der Waals surface area contributed by atoms with Crippen molar-refractivity contribution in [2.75, 3.05) is 12.0 Å². The van der Waals surface area contributed by atoms with E-state index in [1.165, 1.54) is 19.1 Å². The van der Waals surface area contributed by atoms with Crippen LogP contribution in [0.5, 0.6) is 0 Å². The first-order chi connectivity index (χ1) is 11.4. The van der Waals surface area contributed by atoms with Crippen LogP contribution < -0.4 is 10.9 Å². The van der Waals surface area contributed by atoms with Gasteiger partial charge in [-0.15, -0.1) is 5.11 Å². The number of hydrazine groups is 1. The summed E-state index contributed by atoms with van der Waals surface area (Å²) in [5.74, 6) is -0.143. The maximum Gasteiger partial charge on any atom is 0.298 e. The lowest BCUT2D eigenvalue weighted by Gasteiger charge is -2.12. The number of ketones is 1. The molecule has 3 N–H and O–H groups in total. The van der Waals surface area contributed by atoms with Crippen molar-refractivity contribution in [3.05, 3.63) is 48.5 Å². The molecule has 24 heavy (non-hydrogen) atoms. The first-order valence-electron chi connectivity index (χ1n) is 6.93. The summed E-state index contributed by atoms with van der Waals surface area (Å²) < 4.78 is 32.9. The van der Waals surface area contributed by atoms with Crippen molar-refractivity contribution in [2.45, 2.75) is 11.8 Å². The minimum Gasteiger partial charge on any atom is -0.320 e. The zero-order valence-electron chi connectivity index (χ0n) is 12.8. The molecule has 0 bridgehead atoms. The summed E-state index contributed by atoms with van der Waals surface area (Å²) in [6, 6.07) is 13.1. The van der Waals surface area contributed by atoms with Gasteiger partial charge in [-0.2, -0.15) is 13.5 Å². The molecule has 0 aliphatic rings. The number of nitrogens with one attached hydrogen (secondary N) is 2. The highest BCUT2D eigenvalue weighted by molar-refractivity contribution is 7.86. The van der Waals surface area contributed by atoms with Gasteiger partial charge in [0.25, 0.3) is 10.1 Å². The average Bonchev–Trinajstić information content (AvgIpc) is 2.52. The van der Waals surface area contributed by atoms with Gasteiger partial charge in [0.2, 0.25) is 0 Å². The minimum absolute atomic E-state index is 0.0132. The van der Waals surface area contributed by atoms with E-state index in [1.807, 2.05) is 6.07 Å². The van der Waals surface area contributed by atoms with Gasteiger partial charge < -0.3 is 5.43 Å². The van der Waals surface area contributed by atoms with Gasteiger partial charge in [0.15, 0.2) is 0 Å². The number of carbonyl (C=O) groups is 1. The Morgan fingerprint density at radius 3 is 2.42 bits per heavy atom. The molecular weight excluding hydrogens is 332 g/mol. The van der Waals surface area contributed by atoms with Gasteiger partial charge in [-0.25, -0.2) is 5.43 Å². The minimum atomic E-state index is -4.56. The Kier molecular flexibility index (Phi) is 5.74. The Labute approximate surface area is 139 Å². The van der Waals surface area contributed by atoms with Crippen molar-refractivity contribution in [3.8, 4) is 0 Å². The number of Topliss-reactive ketones (excluding diaryl/α,β-unsaturated/α-hetero) is 1. The average molecular weight is 348 g/mol. The van der Waals surface area contributed by atoms with Crippen LogP contribution in [0.25, 0.3) is 0 Å². The Hall–Kier alpha value is -2.62. The lowest BCUT2D eigenvalue weighted by Crippen LogP contribution is -2.27. The number of nitrogens with zero attached hydrogens (tertiary/aromatic N) is 2. The number of benzene rings is 2.